The van der Waals surface area contributed by atoms with Gasteiger partial charge in [-0.3, -0.25) is 0 Å². The van der Waals surface area contributed by atoms with Gasteiger partial charge in [-0.05, 0) is 70.6 Å². The summed E-state index contributed by atoms with van der Waals surface area (Å²) < 4.78 is 15.0. The lowest BCUT2D eigenvalue weighted by Gasteiger charge is -2.41. The van der Waals surface area contributed by atoms with Crippen molar-refractivity contribution >= 4 is 27.5 Å². The topological polar surface area (TPSA) is 26.0 Å². The molecule has 0 saturated heterocycles. The molecule has 1 aliphatic carbocycles. The second kappa shape index (κ2) is 5.71. The van der Waals surface area contributed by atoms with Crippen molar-refractivity contribution in [2.24, 2.45) is 17.1 Å². The summed E-state index contributed by atoms with van der Waals surface area (Å²) in [6.07, 6.45) is 3.17. The molecule has 1 aromatic rings. The van der Waals surface area contributed by atoms with Crippen molar-refractivity contribution in [2.75, 3.05) is 6.54 Å². The summed E-state index contributed by atoms with van der Waals surface area (Å²) >= 11 is 9.27. The minimum atomic E-state index is -0.294. The van der Waals surface area contributed by atoms with Crippen LogP contribution in [0.15, 0.2) is 16.6 Å². The van der Waals surface area contributed by atoms with Gasteiger partial charge < -0.3 is 5.73 Å². The van der Waals surface area contributed by atoms with Crippen LogP contribution in [0.1, 0.15) is 44.6 Å². The average molecular weight is 349 g/mol. The highest BCUT2D eigenvalue weighted by Crippen LogP contribution is 2.47. The normalized spacial score (nSPS) is 26.4. The van der Waals surface area contributed by atoms with E-state index >= 15 is 0 Å². The molecule has 2 rings (SSSR count). The molecular formula is C15H20BrClFN. The smallest absolute Gasteiger partial charge is 0.146 e. The lowest BCUT2D eigenvalue weighted by molar-refractivity contribution is 0.163. The van der Waals surface area contributed by atoms with Crippen LogP contribution >= 0.6 is 27.5 Å². The number of nitrogens with two attached hydrogens (primary N) is 1. The van der Waals surface area contributed by atoms with Crippen molar-refractivity contribution in [3.63, 3.8) is 0 Å². The van der Waals surface area contributed by atoms with Gasteiger partial charge >= 0.3 is 0 Å². The fourth-order valence-electron chi connectivity index (χ4n) is 3.11. The maximum atomic E-state index is 14.4. The highest BCUT2D eigenvalue weighted by Gasteiger charge is 2.36. The summed E-state index contributed by atoms with van der Waals surface area (Å²) in [5.41, 5.74) is 6.83. The zero-order valence-corrected chi connectivity index (χ0v) is 13.7. The Morgan fingerprint density at radius 3 is 2.79 bits per heavy atom. The Morgan fingerprint density at radius 2 is 2.16 bits per heavy atom. The fourth-order valence-corrected chi connectivity index (χ4v) is 3.59. The van der Waals surface area contributed by atoms with E-state index in [9.17, 15) is 4.39 Å². The van der Waals surface area contributed by atoms with Gasteiger partial charge in [-0.25, -0.2) is 4.39 Å². The first kappa shape index (κ1) is 15.3. The van der Waals surface area contributed by atoms with E-state index in [1.165, 1.54) is 0 Å². The van der Waals surface area contributed by atoms with Crippen molar-refractivity contribution in [2.45, 2.75) is 39.0 Å². The van der Waals surface area contributed by atoms with Crippen molar-refractivity contribution in [3.8, 4) is 0 Å². The monoisotopic (exact) mass is 347 g/mol. The molecule has 0 aliphatic heterocycles. The Labute approximate surface area is 127 Å². The minimum absolute atomic E-state index is 0.166. The first-order valence-electron chi connectivity index (χ1n) is 6.69. The van der Waals surface area contributed by atoms with Gasteiger partial charge in [0.05, 0.1) is 5.02 Å². The molecule has 1 aromatic carbocycles. The van der Waals surface area contributed by atoms with Crippen LogP contribution in [-0.4, -0.2) is 6.54 Å². The van der Waals surface area contributed by atoms with Crippen molar-refractivity contribution < 1.29 is 4.39 Å². The van der Waals surface area contributed by atoms with Crippen LogP contribution in [0.25, 0.3) is 0 Å². The Morgan fingerprint density at radius 1 is 1.47 bits per heavy atom. The zero-order chi connectivity index (χ0) is 14.2. The van der Waals surface area contributed by atoms with Crippen molar-refractivity contribution in [1.82, 2.24) is 0 Å². The van der Waals surface area contributed by atoms with Crippen LogP contribution < -0.4 is 5.73 Å². The van der Waals surface area contributed by atoms with Gasteiger partial charge in [0.15, 0.2) is 0 Å². The standard InChI is InChI=1S/C15H20BrClFN/c1-15(2)6-5-9(8-19)11(7-15)10-3-4-12(16)13(17)14(10)18/h3-4,9,11H,5-8,19H2,1-2H3. The fraction of sp³-hybridized carbons (Fsp3) is 0.600. The van der Waals surface area contributed by atoms with E-state index < -0.39 is 0 Å². The van der Waals surface area contributed by atoms with Gasteiger partial charge in [-0.15, -0.1) is 0 Å². The molecule has 19 heavy (non-hydrogen) atoms. The van der Waals surface area contributed by atoms with Crippen LogP contribution in [0.5, 0.6) is 0 Å². The van der Waals surface area contributed by atoms with Crippen LogP contribution in [0.2, 0.25) is 5.02 Å². The van der Waals surface area contributed by atoms with Gasteiger partial charge in [-0.1, -0.05) is 31.5 Å². The molecular weight excluding hydrogens is 329 g/mol. The molecule has 0 aromatic heterocycles. The Hall–Kier alpha value is -0.120. The van der Waals surface area contributed by atoms with E-state index in [0.717, 1.165) is 24.8 Å². The molecule has 0 heterocycles. The third kappa shape index (κ3) is 3.14. The van der Waals surface area contributed by atoms with Crippen molar-refractivity contribution in [1.29, 1.82) is 0 Å². The molecule has 2 unspecified atom stereocenters. The summed E-state index contributed by atoms with van der Waals surface area (Å²) in [6, 6.07) is 3.68. The minimum Gasteiger partial charge on any atom is -0.330 e. The van der Waals surface area contributed by atoms with E-state index in [0.29, 0.717) is 16.9 Å². The van der Waals surface area contributed by atoms with Gasteiger partial charge in [0.2, 0.25) is 0 Å². The van der Waals surface area contributed by atoms with Crippen LogP contribution in [0.3, 0.4) is 0 Å². The molecule has 0 radical (unpaired) electrons. The molecule has 1 saturated carbocycles. The Bertz CT molecular complexity index is 475. The van der Waals surface area contributed by atoms with Gasteiger partial charge in [-0.2, -0.15) is 0 Å². The molecule has 0 amide bonds. The number of benzene rings is 1. The lowest BCUT2D eigenvalue weighted by atomic mass is 9.65. The Kier molecular flexibility index (Phi) is 4.59. The van der Waals surface area contributed by atoms with E-state index in [1.54, 1.807) is 0 Å². The van der Waals surface area contributed by atoms with E-state index in [1.807, 2.05) is 12.1 Å². The SMILES string of the molecule is CC1(C)CCC(CN)C(c2ccc(Br)c(Cl)c2F)C1. The summed E-state index contributed by atoms with van der Waals surface area (Å²) in [5, 5.41) is 0.177. The molecule has 0 bridgehead atoms. The lowest BCUT2D eigenvalue weighted by Crippen LogP contribution is -2.33. The molecule has 1 fully saturated rings. The predicted molar refractivity (Wildman–Crippen MR) is 82.0 cm³/mol. The van der Waals surface area contributed by atoms with Crippen LogP contribution in [-0.2, 0) is 0 Å². The second-order valence-corrected chi connectivity index (χ2v) is 7.51. The average Bonchev–Trinajstić information content (AvgIpc) is 2.35. The van der Waals surface area contributed by atoms with E-state index in [4.69, 9.17) is 17.3 Å². The second-order valence-electron chi connectivity index (χ2n) is 6.27. The molecule has 2 N–H and O–H groups in total. The number of hydrogen-bond acceptors (Lipinski definition) is 1. The number of rotatable bonds is 2. The van der Waals surface area contributed by atoms with Crippen molar-refractivity contribution in [3.05, 3.63) is 33.0 Å². The third-order valence-corrected chi connectivity index (χ3v) is 5.56. The molecule has 4 heteroatoms. The largest absolute Gasteiger partial charge is 0.330 e. The first-order chi connectivity index (χ1) is 8.85. The maximum Gasteiger partial charge on any atom is 0.146 e. The highest BCUT2D eigenvalue weighted by molar-refractivity contribution is 9.10. The molecule has 0 spiro atoms. The highest BCUT2D eigenvalue weighted by atomic mass is 79.9. The van der Waals surface area contributed by atoms with E-state index in [2.05, 4.69) is 29.8 Å². The first-order valence-corrected chi connectivity index (χ1v) is 7.86. The van der Waals surface area contributed by atoms with Crippen LogP contribution in [0.4, 0.5) is 4.39 Å². The maximum absolute atomic E-state index is 14.4. The predicted octanol–water partition coefficient (Wildman–Crippen LogP) is 5.11. The molecule has 106 valence electrons. The summed E-state index contributed by atoms with van der Waals surface area (Å²) in [5.74, 6) is 0.219. The quantitative estimate of drug-likeness (QED) is 0.738. The molecule has 1 nitrogen and oxygen atoms in total. The number of halogens is 3. The zero-order valence-electron chi connectivity index (χ0n) is 11.3. The van der Waals surface area contributed by atoms with Gasteiger partial charge in [0, 0.05) is 4.47 Å². The van der Waals surface area contributed by atoms with Crippen LogP contribution in [0, 0.1) is 17.2 Å². The Balaban J connectivity index is 2.40. The summed E-state index contributed by atoms with van der Waals surface area (Å²) in [6.45, 7) is 5.09. The van der Waals surface area contributed by atoms with Gasteiger partial charge in [0.25, 0.3) is 0 Å². The number of hydrogen-bond donors (Lipinski definition) is 1. The van der Waals surface area contributed by atoms with E-state index in [-0.39, 0.29) is 22.2 Å². The molecule has 1 aliphatic rings. The summed E-state index contributed by atoms with van der Waals surface area (Å²) in [4.78, 5) is 0. The van der Waals surface area contributed by atoms with Gasteiger partial charge in [0.1, 0.15) is 5.82 Å². The molecule has 2 atom stereocenters. The third-order valence-electron chi connectivity index (χ3n) is 4.30. The summed E-state index contributed by atoms with van der Waals surface area (Å²) in [7, 11) is 0.